The van der Waals surface area contributed by atoms with Gasteiger partial charge in [0.1, 0.15) is 0 Å². The van der Waals surface area contributed by atoms with Crippen molar-refractivity contribution in [3.05, 3.63) is 0 Å². The molecule has 1 aliphatic rings. The van der Waals surface area contributed by atoms with Crippen LogP contribution >= 0.6 is 0 Å². The molecule has 0 amide bonds. The van der Waals surface area contributed by atoms with E-state index in [0.29, 0.717) is 12.0 Å². The highest BCUT2D eigenvalue weighted by molar-refractivity contribution is 5.79. The predicted octanol–water partition coefficient (Wildman–Crippen LogP) is 1.78. The van der Waals surface area contributed by atoms with Crippen LogP contribution in [-0.4, -0.2) is 51.5 Å². The summed E-state index contributed by atoms with van der Waals surface area (Å²) in [6.07, 6.45) is 3.47. The molecule has 0 spiro atoms. The molecule has 0 aliphatic carbocycles. The van der Waals surface area contributed by atoms with Gasteiger partial charge in [-0.25, -0.2) is 0 Å². The van der Waals surface area contributed by atoms with Crippen molar-refractivity contribution in [1.82, 2.24) is 10.6 Å². The van der Waals surface area contributed by atoms with Gasteiger partial charge in [-0.2, -0.15) is 0 Å². The van der Waals surface area contributed by atoms with Crippen LogP contribution in [0.5, 0.6) is 0 Å². The molecule has 5 heteroatoms. The Balaban J connectivity index is 2.08. The lowest BCUT2D eigenvalue weighted by atomic mass is 10.1. The fraction of sp³-hybridized carbons (Fsp3) is 0.933. The van der Waals surface area contributed by atoms with Crippen molar-refractivity contribution in [2.45, 2.75) is 46.1 Å². The molecular weight excluding hydrogens is 254 g/mol. The fourth-order valence-corrected chi connectivity index (χ4v) is 1.99. The van der Waals surface area contributed by atoms with E-state index in [2.05, 4.69) is 36.4 Å². The van der Waals surface area contributed by atoms with Crippen LogP contribution in [0.25, 0.3) is 0 Å². The van der Waals surface area contributed by atoms with Gasteiger partial charge in [0.2, 0.25) is 0 Å². The first-order valence-electron chi connectivity index (χ1n) is 7.94. The van der Waals surface area contributed by atoms with Crippen LogP contribution in [0, 0.1) is 5.92 Å². The number of rotatable bonds is 8. The Kier molecular flexibility index (Phi) is 9.41. The molecule has 0 radical (unpaired) electrons. The van der Waals surface area contributed by atoms with Crippen LogP contribution in [0.2, 0.25) is 0 Å². The zero-order valence-electron chi connectivity index (χ0n) is 13.3. The van der Waals surface area contributed by atoms with Crippen LogP contribution in [0.4, 0.5) is 0 Å². The van der Waals surface area contributed by atoms with Gasteiger partial charge in [-0.3, -0.25) is 4.99 Å². The minimum Gasteiger partial charge on any atom is -0.381 e. The SMILES string of the molecule is CCNC(=NCC(C)C)NCCCOC1CCOCC1. The minimum atomic E-state index is 0.395. The van der Waals surface area contributed by atoms with Crippen LogP contribution in [0.3, 0.4) is 0 Å². The van der Waals surface area contributed by atoms with Crippen molar-refractivity contribution < 1.29 is 9.47 Å². The number of ether oxygens (including phenoxy) is 2. The van der Waals surface area contributed by atoms with Gasteiger partial charge < -0.3 is 20.1 Å². The summed E-state index contributed by atoms with van der Waals surface area (Å²) >= 11 is 0. The Morgan fingerprint density at radius 1 is 1.30 bits per heavy atom. The van der Waals surface area contributed by atoms with Crippen LogP contribution in [-0.2, 0) is 9.47 Å². The molecule has 0 aromatic heterocycles. The topological polar surface area (TPSA) is 54.9 Å². The summed E-state index contributed by atoms with van der Waals surface area (Å²) in [6, 6.07) is 0. The van der Waals surface area contributed by atoms with Gasteiger partial charge in [0.25, 0.3) is 0 Å². The maximum absolute atomic E-state index is 5.84. The maximum Gasteiger partial charge on any atom is 0.191 e. The molecular formula is C15H31N3O2. The quantitative estimate of drug-likeness (QED) is 0.405. The van der Waals surface area contributed by atoms with Crippen molar-refractivity contribution >= 4 is 5.96 Å². The number of nitrogens with one attached hydrogen (secondary N) is 2. The van der Waals surface area contributed by atoms with Crippen LogP contribution < -0.4 is 10.6 Å². The van der Waals surface area contributed by atoms with Gasteiger partial charge in [0.15, 0.2) is 5.96 Å². The molecule has 20 heavy (non-hydrogen) atoms. The third-order valence-electron chi connectivity index (χ3n) is 3.09. The van der Waals surface area contributed by atoms with E-state index >= 15 is 0 Å². The normalized spacial score (nSPS) is 17.5. The molecule has 118 valence electrons. The Morgan fingerprint density at radius 3 is 2.70 bits per heavy atom. The second-order valence-corrected chi connectivity index (χ2v) is 5.58. The molecule has 5 nitrogen and oxygen atoms in total. The lowest BCUT2D eigenvalue weighted by molar-refractivity contribution is -0.0320. The lowest BCUT2D eigenvalue weighted by Crippen LogP contribution is -2.38. The number of hydrogen-bond donors (Lipinski definition) is 2. The van der Waals surface area contributed by atoms with Crippen LogP contribution in [0.15, 0.2) is 4.99 Å². The Labute approximate surface area is 123 Å². The minimum absolute atomic E-state index is 0.395. The summed E-state index contributed by atoms with van der Waals surface area (Å²) in [5, 5.41) is 6.61. The largest absolute Gasteiger partial charge is 0.381 e. The van der Waals surface area contributed by atoms with Crippen molar-refractivity contribution in [2.24, 2.45) is 10.9 Å². The smallest absolute Gasteiger partial charge is 0.191 e. The monoisotopic (exact) mass is 285 g/mol. The van der Waals surface area contributed by atoms with Crippen molar-refractivity contribution in [2.75, 3.05) is 39.5 Å². The summed E-state index contributed by atoms with van der Waals surface area (Å²) in [7, 11) is 0. The average molecular weight is 285 g/mol. The third-order valence-corrected chi connectivity index (χ3v) is 3.09. The van der Waals surface area contributed by atoms with Gasteiger partial charge in [0, 0.05) is 39.5 Å². The van der Waals surface area contributed by atoms with E-state index in [-0.39, 0.29) is 0 Å². The Hall–Kier alpha value is -0.810. The van der Waals surface area contributed by atoms with Gasteiger partial charge in [-0.05, 0) is 32.1 Å². The Bertz CT molecular complexity index is 264. The molecule has 2 N–H and O–H groups in total. The van der Waals surface area contributed by atoms with E-state index in [1.807, 2.05) is 0 Å². The zero-order valence-corrected chi connectivity index (χ0v) is 13.3. The van der Waals surface area contributed by atoms with E-state index in [9.17, 15) is 0 Å². The fourth-order valence-electron chi connectivity index (χ4n) is 1.99. The van der Waals surface area contributed by atoms with E-state index in [1.165, 1.54) is 0 Å². The van der Waals surface area contributed by atoms with E-state index in [0.717, 1.165) is 64.7 Å². The second-order valence-electron chi connectivity index (χ2n) is 5.58. The predicted molar refractivity (Wildman–Crippen MR) is 83.2 cm³/mol. The number of hydrogen-bond acceptors (Lipinski definition) is 3. The first-order valence-corrected chi connectivity index (χ1v) is 7.94. The maximum atomic E-state index is 5.84. The highest BCUT2D eigenvalue weighted by atomic mass is 16.5. The van der Waals surface area contributed by atoms with Crippen molar-refractivity contribution in [1.29, 1.82) is 0 Å². The average Bonchev–Trinajstić information content (AvgIpc) is 2.45. The molecule has 0 atom stereocenters. The van der Waals surface area contributed by atoms with E-state index in [4.69, 9.17) is 9.47 Å². The van der Waals surface area contributed by atoms with Gasteiger partial charge in [-0.15, -0.1) is 0 Å². The zero-order chi connectivity index (χ0) is 14.6. The van der Waals surface area contributed by atoms with Gasteiger partial charge in [0.05, 0.1) is 6.10 Å². The van der Waals surface area contributed by atoms with Crippen LogP contribution in [0.1, 0.15) is 40.0 Å². The van der Waals surface area contributed by atoms with Gasteiger partial charge >= 0.3 is 0 Å². The third kappa shape index (κ3) is 8.38. The van der Waals surface area contributed by atoms with Gasteiger partial charge in [-0.1, -0.05) is 13.8 Å². The molecule has 0 aromatic carbocycles. The summed E-state index contributed by atoms with van der Waals surface area (Å²) < 4.78 is 11.2. The molecule has 0 bridgehead atoms. The molecule has 1 saturated heterocycles. The molecule has 0 aromatic rings. The second kappa shape index (κ2) is 10.9. The molecule has 0 saturated carbocycles. The highest BCUT2D eigenvalue weighted by Crippen LogP contribution is 2.10. The summed E-state index contributed by atoms with van der Waals surface area (Å²) in [4.78, 5) is 4.54. The molecule has 1 aliphatic heterocycles. The first kappa shape index (κ1) is 17.2. The summed E-state index contributed by atoms with van der Waals surface area (Å²) in [6.45, 7) is 11.6. The number of guanidine groups is 1. The summed E-state index contributed by atoms with van der Waals surface area (Å²) in [5.41, 5.74) is 0. The summed E-state index contributed by atoms with van der Waals surface area (Å²) in [5.74, 6) is 1.49. The molecule has 1 rings (SSSR count). The van der Waals surface area contributed by atoms with E-state index in [1.54, 1.807) is 0 Å². The first-order chi connectivity index (χ1) is 9.72. The molecule has 1 fully saturated rings. The highest BCUT2D eigenvalue weighted by Gasteiger charge is 2.13. The van der Waals surface area contributed by atoms with Crippen molar-refractivity contribution in [3.8, 4) is 0 Å². The Morgan fingerprint density at radius 2 is 2.05 bits per heavy atom. The van der Waals surface area contributed by atoms with E-state index < -0.39 is 0 Å². The molecule has 1 heterocycles. The number of aliphatic imine (C=N–C) groups is 1. The number of nitrogens with zero attached hydrogens (tertiary/aromatic N) is 1. The molecule has 0 unspecified atom stereocenters. The standard InChI is InChI=1S/C15H31N3O2/c1-4-16-15(18-12-13(2)3)17-8-5-9-20-14-6-10-19-11-7-14/h13-14H,4-12H2,1-3H3,(H2,16,17,18). The lowest BCUT2D eigenvalue weighted by Gasteiger charge is -2.22. The van der Waals surface area contributed by atoms with Crippen molar-refractivity contribution in [3.63, 3.8) is 0 Å².